The smallest absolute Gasteiger partial charge is 0.310 e. The number of ether oxygens (including phenoxy) is 2. The lowest BCUT2D eigenvalue weighted by Crippen LogP contribution is -2.36. The summed E-state index contributed by atoms with van der Waals surface area (Å²) in [5.74, 6) is -1.16. The molecule has 0 atom stereocenters. The minimum atomic E-state index is -0.666. The minimum Gasteiger partial charge on any atom is -0.497 e. The summed E-state index contributed by atoms with van der Waals surface area (Å²) >= 11 is 0. The summed E-state index contributed by atoms with van der Waals surface area (Å²) in [4.78, 5) is 33.1. The largest absolute Gasteiger partial charge is 0.497 e. The van der Waals surface area contributed by atoms with Crippen LogP contribution in [-0.4, -0.2) is 38.0 Å². The number of rotatable bonds is 7. The monoisotopic (exact) mass is 280 g/mol. The Hall–Kier alpha value is -2.57. The SMILES string of the molecule is COc1cccc(CC(=O)OCC(=O)NCC(N)=O)c1. The molecule has 0 radical (unpaired) electrons. The molecule has 0 spiro atoms. The molecule has 0 saturated carbocycles. The number of primary amides is 1. The second-order valence-electron chi connectivity index (χ2n) is 3.93. The van der Waals surface area contributed by atoms with E-state index in [0.717, 1.165) is 0 Å². The molecule has 0 bridgehead atoms. The van der Waals surface area contributed by atoms with Crippen LogP contribution in [0.3, 0.4) is 0 Å². The molecule has 0 aliphatic carbocycles. The predicted molar refractivity (Wildman–Crippen MR) is 69.9 cm³/mol. The van der Waals surface area contributed by atoms with Gasteiger partial charge in [-0.15, -0.1) is 0 Å². The average molecular weight is 280 g/mol. The van der Waals surface area contributed by atoms with Crippen LogP contribution < -0.4 is 15.8 Å². The maximum absolute atomic E-state index is 11.5. The van der Waals surface area contributed by atoms with E-state index in [-0.39, 0.29) is 13.0 Å². The molecule has 3 N–H and O–H groups in total. The van der Waals surface area contributed by atoms with Crippen LogP contribution >= 0.6 is 0 Å². The van der Waals surface area contributed by atoms with Gasteiger partial charge in [-0.05, 0) is 17.7 Å². The third-order valence-electron chi connectivity index (χ3n) is 2.31. The van der Waals surface area contributed by atoms with Crippen molar-refractivity contribution in [3.05, 3.63) is 29.8 Å². The van der Waals surface area contributed by atoms with Gasteiger partial charge < -0.3 is 20.5 Å². The molecular formula is C13H16N2O5. The summed E-state index contributed by atoms with van der Waals surface area (Å²) in [6.45, 7) is -0.734. The number of nitrogens with two attached hydrogens (primary N) is 1. The van der Waals surface area contributed by atoms with Crippen molar-refractivity contribution < 1.29 is 23.9 Å². The first-order chi connectivity index (χ1) is 9.51. The van der Waals surface area contributed by atoms with Crippen molar-refractivity contribution in [2.45, 2.75) is 6.42 Å². The summed E-state index contributed by atoms with van der Waals surface area (Å²) < 4.78 is 9.80. The Balaban J connectivity index is 2.36. The lowest BCUT2D eigenvalue weighted by atomic mass is 10.1. The zero-order valence-electron chi connectivity index (χ0n) is 11.0. The van der Waals surface area contributed by atoms with E-state index >= 15 is 0 Å². The van der Waals surface area contributed by atoms with Crippen molar-refractivity contribution in [2.75, 3.05) is 20.3 Å². The van der Waals surface area contributed by atoms with Crippen molar-refractivity contribution in [3.8, 4) is 5.75 Å². The van der Waals surface area contributed by atoms with Crippen molar-refractivity contribution in [1.82, 2.24) is 5.32 Å². The summed E-state index contributed by atoms with van der Waals surface area (Å²) in [5, 5.41) is 2.21. The minimum absolute atomic E-state index is 0.0281. The fourth-order valence-electron chi connectivity index (χ4n) is 1.38. The van der Waals surface area contributed by atoms with Gasteiger partial charge in [0.15, 0.2) is 6.61 Å². The van der Waals surface area contributed by atoms with Gasteiger partial charge in [0.2, 0.25) is 5.91 Å². The van der Waals surface area contributed by atoms with E-state index in [1.54, 1.807) is 24.3 Å². The molecule has 0 unspecified atom stereocenters. The molecule has 108 valence electrons. The van der Waals surface area contributed by atoms with E-state index in [9.17, 15) is 14.4 Å². The normalized spacial score (nSPS) is 9.65. The number of nitrogens with one attached hydrogen (secondary N) is 1. The first-order valence-corrected chi connectivity index (χ1v) is 5.85. The Morgan fingerprint density at radius 3 is 2.70 bits per heavy atom. The molecule has 0 aliphatic heterocycles. The van der Waals surface area contributed by atoms with Crippen LogP contribution in [0.4, 0.5) is 0 Å². The van der Waals surface area contributed by atoms with Gasteiger partial charge in [0.1, 0.15) is 5.75 Å². The predicted octanol–water partition coefficient (Wildman–Crippen LogP) is -0.618. The van der Waals surface area contributed by atoms with Crippen LogP contribution in [0.1, 0.15) is 5.56 Å². The molecule has 0 aromatic heterocycles. The molecule has 20 heavy (non-hydrogen) atoms. The van der Waals surface area contributed by atoms with Crippen LogP contribution in [0.5, 0.6) is 5.75 Å². The van der Waals surface area contributed by atoms with Crippen molar-refractivity contribution in [3.63, 3.8) is 0 Å². The van der Waals surface area contributed by atoms with Gasteiger partial charge in [-0.25, -0.2) is 0 Å². The molecule has 1 rings (SSSR count). The van der Waals surface area contributed by atoms with Crippen LogP contribution in [0.15, 0.2) is 24.3 Å². The Labute approximate surface area is 116 Å². The Bertz CT molecular complexity index is 501. The number of methoxy groups -OCH3 is 1. The highest BCUT2D eigenvalue weighted by Gasteiger charge is 2.09. The molecule has 0 fully saturated rings. The maximum atomic E-state index is 11.5. The Morgan fingerprint density at radius 2 is 2.05 bits per heavy atom. The summed E-state index contributed by atoms with van der Waals surface area (Å²) in [6.07, 6.45) is 0.0281. The number of hydrogen-bond acceptors (Lipinski definition) is 5. The van der Waals surface area contributed by atoms with Gasteiger partial charge in [0.25, 0.3) is 5.91 Å². The number of esters is 1. The van der Waals surface area contributed by atoms with E-state index in [4.69, 9.17) is 15.2 Å². The van der Waals surface area contributed by atoms with Gasteiger partial charge in [0.05, 0.1) is 20.1 Å². The number of benzene rings is 1. The molecule has 1 aromatic carbocycles. The fraction of sp³-hybridized carbons (Fsp3) is 0.308. The van der Waals surface area contributed by atoms with Crippen LogP contribution in [0.25, 0.3) is 0 Å². The van der Waals surface area contributed by atoms with Gasteiger partial charge in [-0.2, -0.15) is 0 Å². The standard InChI is InChI=1S/C13H16N2O5/c1-19-10-4-2-3-9(5-10)6-13(18)20-8-12(17)15-7-11(14)16/h2-5H,6-8H2,1H3,(H2,14,16)(H,15,17). The van der Waals surface area contributed by atoms with Gasteiger partial charge in [0, 0.05) is 0 Å². The Kier molecular flexibility index (Phi) is 6.02. The summed E-state index contributed by atoms with van der Waals surface area (Å²) in [7, 11) is 1.53. The summed E-state index contributed by atoms with van der Waals surface area (Å²) in [6, 6.07) is 6.96. The van der Waals surface area contributed by atoms with E-state index in [1.807, 2.05) is 0 Å². The van der Waals surface area contributed by atoms with E-state index in [1.165, 1.54) is 7.11 Å². The van der Waals surface area contributed by atoms with Crippen LogP contribution in [0.2, 0.25) is 0 Å². The highest BCUT2D eigenvalue weighted by molar-refractivity contribution is 5.85. The highest BCUT2D eigenvalue weighted by atomic mass is 16.5. The fourth-order valence-corrected chi connectivity index (χ4v) is 1.38. The molecule has 0 heterocycles. The highest BCUT2D eigenvalue weighted by Crippen LogP contribution is 2.13. The second-order valence-corrected chi connectivity index (χ2v) is 3.93. The molecule has 7 heteroatoms. The number of amides is 2. The first-order valence-electron chi connectivity index (χ1n) is 5.85. The van der Waals surface area contributed by atoms with Crippen LogP contribution in [-0.2, 0) is 25.5 Å². The average Bonchev–Trinajstić information content (AvgIpc) is 2.43. The molecular weight excluding hydrogens is 264 g/mol. The zero-order chi connectivity index (χ0) is 15.0. The third-order valence-corrected chi connectivity index (χ3v) is 2.31. The van der Waals surface area contributed by atoms with Crippen molar-refractivity contribution >= 4 is 17.8 Å². The van der Waals surface area contributed by atoms with Gasteiger partial charge >= 0.3 is 5.97 Å². The van der Waals surface area contributed by atoms with Gasteiger partial charge in [-0.1, -0.05) is 12.1 Å². The van der Waals surface area contributed by atoms with E-state index in [2.05, 4.69) is 5.32 Å². The molecule has 1 aromatic rings. The van der Waals surface area contributed by atoms with Crippen molar-refractivity contribution in [2.24, 2.45) is 5.73 Å². The molecule has 0 aliphatic rings. The molecule has 2 amide bonds. The van der Waals surface area contributed by atoms with Crippen molar-refractivity contribution in [1.29, 1.82) is 0 Å². The molecule has 7 nitrogen and oxygen atoms in total. The zero-order valence-corrected chi connectivity index (χ0v) is 11.0. The van der Waals surface area contributed by atoms with E-state index < -0.39 is 24.4 Å². The molecule has 0 saturated heterocycles. The van der Waals surface area contributed by atoms with E-state index in [0.29, 0.717) is 11.3 Å². The maximum Gasteiger partial charge on any atom is 0.310 e. The Morgan fingerprint density at radius 1 is 1.30 bits per heavy atom. The summed E-state index contributed by atoms with van der Waals surface area (Å²) in [5.41, 5.74) is 5.57. The third kappa shape index (κ3) is 5.85. The number of carbonyl (C=O) groups is 3. The first kappa shape index (κ1) is 15.5. The number of carbonyl (C=O) groups excluding carboxylic acids is 3. The van der Waals surface area contributed by atoms with Gasteiger partial charge in [-0.3, -0.25) is 14.4 Å². The van der Waals surface area contributed by atoms with Crippen LogP contribution in [0, 0.1) is 0 Å². The number of hydrogen-bond donors (Lipinski definition) is 2. The topological polar surface area (TPSA) is 108 Å². The quantitative estimate of drug-likeness (QED) is 0.647. The second kappa shape index (κ2) is 7.78. The lowest BCUT2D eigenvalue weighted by Gasteiger charge is -2.06. The lowest BCUT2D eigenvalue weighted by molar-refractivity contribution is -0.147.